The van der Waals surface area contributed by atoms with Crippen LogP contribution in [0.5, 0.6) is 0 Å². The highest BCUT2D eigenvalue weighted by Gasteiger charge is 2.05. The maximum atomic E-state index is 11.8. The van der Waals surface area contributed by atoms with Crippen molar-refractivity contribution < 1.29 is 4.79 Å². The van der Waals surface area contributed by atoms with E-state index in [0.717, 1.165) is 32.5 Å². The van der Waals surface area contributed by atoms with Crippen LogP contribution < -0.4 is 10.6 Å². The van der Waals surface area contributed by atoms with Crippen molar-refractivity contribution in [3.63, 3.8) is 0 Å². The number of unbranched alkanes of at least 4 members (excludes halogenated alkanes) is 6. The molecule has 0 aromatic rings. The highest BCUT2D eigenvalue weighted by Crippen LogP contribution is 2.04. The van der Waals surface area contributed by atoms with Crippen LogP contribution in [0.15, 0.2) is 12.2 Å². The normalized spacial score (nSPS) is 10.5. The third-order valence-electron chi connectivity index (χ3n) is 3.45. The molecule has 0 aromatic heterocycles. The molecule has 3 nitrogen and oxygen atoms in total. The van der Waals surface area contributed by atoms with Crippen molar-refractivity contribution in [3.05, 3.63) is 12.2 Å². The Bertz CT molecular complexity index is 251. The lowest BCUT2D eigenvalue weighted by Gasteiger charge is -2.08. The van der Waals surface area contributed by atoms with Gasteiger partial charge in [0.1, 0.15) is 0 Å². The fourth-order valence-corrected chi connectivity index (χ4v) is 2.01. The average molecular weight is 282 g/mol. The van der Waals surface area contributed by atoms with Crippen molar-refractivity contribution in [2.24, 2.45) is 0 Å². The quantitative estimate of drug-likeness (QED) is 0.376. The second-order valence-electron chi connectivity index (χ2n) is 5.48. The van der Waals surface area contributed by atoms with Crippen molar-refractivity contribution in [1.29, 1.82) is 0 Å². The Morgan fingerprint density at radius 3 is 2.20 bits per heavy atom. The first-order chi connectivity index (χ1) is 9.72. The standard InChI is InChI=1S/C17H34N2O/c1-4-6-8-9-10-11-14-19-17(20)16(3)12-15-18-13-7-5-2/h18H,3-15H2,1-2H3,(H,19,20). The first kappa shape index (κ1) is 19.2. The van der Waals surface area contributed by atoms with E-state index in [-0.39, 0.29) is 5.91 Å². The van der Waals surface area contributed by atoms with E-state index < -0.39 is 0 Å². The van der Waals surface area contributed by atoms with Crippen LogP contribution in [0.2, 0.25) is 0 Å². The van der Waals surface area contributed by atoms with Crippen LogP contribution in [0.3, 0.4) is 0 Å². The summed E-state index contributed by atoms with van der Waals surface area (Å²) in [6.45, 7) is 10.9. The van der Waals surface area contributed by atoms with Gasteiger partial charge in [0.2, 0.25) is 5.91 Å². The molecule has 0 unspecified atom stereocenters. The molecule has 0 aliphatic rings. The van der Waals surface area contributed by atoms with Gasteiger partial charge in [-0.05, 0) is 32.4 Å². The van der Waals surface area contributed by atoms with Crippen LogP contribution in [0.25, 0.3) is 0 Å². The molecule has 0 saturated carbocycles. The zero-order valence-corrected chi connectivity index (χ0v) is 13.6. The molecule has 20 heavy (non-hydrogen) atoms. The topological polar surface area (TPSA) is 41.1 Å². The summed E-state index contributed by atoms with van der Waals surface area (Å²) in [6, 6.07) is 0. The fraction of sp³-hybridized carbons (Fsp3) is 0.824. The molecule has 3 heteroatoms. The van der Waals surface area contributed by atoms with E-state index in [4.69, 9.17) is 0 Å². The molecule has 0 bridgehead atoms. The van der Waals surface area contributed by atoms with Crippen LogP contribution in [0.4, 0.5) is 0 Å². The Hall–Kier alpha value is -0.830. The van der Waals surface area contributed by atoms with Gasteiger partial charge in [-0.3, -0.25) is 4.79 Å². The van der Waals surface area contributed by atoms with E-state index >= 15 is 0 Å². The summed E-state index contributed by atoms with van der Waals surface area (Å²) in [5.41, 5.74) is 0.694. The molecule has 0 heterocycles. The number of carbonyl (C=O) groups is 1. The van der Waals surface area contributed by atoms with Crippen LogP contribution in [-0.2, 0) is 4.79 Å². The Balaban J connectivity index is 3.39. The van der Waals surface area contributed by atoms with Gasteiger partial charge in [-0.15, -0.1) is 0 Å². The largest absolute Gasteiger partial charge is 0.352 e. The smallest absolute Gasteiger partial charge is 0.246 e. The van der Waals surface area contributed by atoms with Crippen molar-refractivity contribution in [1.82, 2.24) is 10.6 Å². The molecule has 0 spiro atoms. The Labute approximate surface area is 125 Å². The SMILES string of the molecule is C=C(CCNCCCC)C(=O)NCCCCCCCC. The zero-order valence-electron chi connectivity index (χ0n) is 13.6. The summed E-state index contributed by atoms with van der Waals surface area (Å²) < 4.78 is 0. The summed E-state index contributed by atoms with van der Waals surface area (Å²) >= 11 is 0. The molecular weight excluding hydrogens is 248 g/mol. The fourth-order valence-electron chi connectivity index (χ4n) is 2.01. The Morgan fingerprint density at radius 2 is 1.50 bits per heavy atom. The molecule has 0 aliphatic heterocycles. The molecule has 2 N–H and O–H groups in total. The first-order valence-corrected chi connectivity index (χ1v) is 8.39. The van der Waals surface area contributed by atoms with Gasteiger partial charge >= 0.3 is 0 Å². The number of rotatable bonds is 14. The summed E-state index contributed by atoms with van der Waals surface area (Å²) in [4.78, 5) is 11.8. The van der Waals surface area contributed by atoms with Crippen molar-refractivity contribution in [3.8, 4) is 0 Å². The molecular formula is C17H34N2O. The Kier molecular flexibility index (Phi) is 14.0. The summed E-state index contributed by atoms with van der Waals surface area (Å²) in [6.07, 6.45) is 10.6. The van der Waals surface area contributed by atoms with Crippen molar-refractivity contribution >= 4 is 5.91 Å². The molecule has 0 rings (SSSR count). The van der Waals surface area contributed by atoms with Crippen LogP contribution in [-0.4, -0.2) is 25.5 Å². The number of nitrogens with one attached hydrogen (secondary N) is 2. The van der Waals surface area contributed by atoms with E-state index in [1.807, 2.05) is 0 Å². The van der Waals surface area contributed by atoms with E-state index in [1.54, 1.807) is 0 Å². The second kappa shape index (κ2) is 14.6. The minimum Gasteiger partial charge on any atom is -0.352 e. The Morgan fingerprint density at radius 1 is 0.850 bits per heavy atom. The highest BCUT2D eigenvalue weighted by atomic mass is 16.1. The average Bonchev–Trinajstić information content (AvgIpc) is 2.45. The third kappa shape index (κ3) is 12.2. The van der Waals surface area contributed by atoms with Gasteiger partial charge in [-0.2, -0.15) is 0 Å². The molecule has 0 atom stereocenters. The van der Waals surface area contributed by atoms with Crippen molar-refractivity contribution in [2.45, 2.75) is 71.6 Å². The molecule has 1 amide bonds. The number of amides is 1. The van der Waals surface area contributed by atoms with Crippen LogP contribution in [0, 0.1) is 0 Å². The van der Waals surface area contributed by atoms with Gasteiger partial charge in [0.25, 0.3) is 0 Å². The zero-order chi connectivity index (χ0) is 15.1. The summed E-state index contributed by atoms with van der Waals surface area (Å²) in [7, 11) is 0. The van der Waals surface area contributed by atoms with E-state index in [1.165, 1.54) is 44.9 Å². The summed E-state index contributed by atoms with van der Waals surface area (Å²) in [5, 5.41) is 6.29. The second-order valence-corrected chi connectivity index (χ2v) is 5.48. The molecule has 0 aromatic carbocycles. The minimum absolute atomic E-state index is 0.0239. The molecule has 118 valence electrons. The van der Waals surface area contributed by atoms with Crippen molar-refractivity contribution in [2.75, 3.05) is 19.6 Å². The lowest BCUT2D eigenvalue weighted by molar-refractivity contribution is -0.117. The molecule has 0 saturated heterocycles. The minimum atomic E-state index is 0.0239. The number of hydrogen-bond acceptors (Lipinski definition) is 2. The maximum absolute atomic E-state index is 11.8. The van der Waals surface area contributed by atoms with Crippen LogP contribution in [0.1, 0.15) is 71.6 Å². The van der Waals surface area contributed by atoms with Gasteiger partial charge in [-0.1, -0.05) is 59.0 Å². The van der Waals surface area contributed by atoms with Gasteiger partial charge in [0, 0.05) is 12.1 Å². The lowest BCUT2D eigenvalue weighted by atomic mass is 10.1. The first-order valence-electron chi connectivity index (χ1n) is 8.39. The van der Waals surface area contributed by atoms with Gasteiger partial charge in [-0.25, -0.2) is 0 Å². The van der Waals surface area contributed by atoms with Gasteiger partial charge in [0.15, 0.2) is 0 Å². The summed E-state index contributed by atoms with van der Waals surface area (Å²) in [5.74, 6) is 0.0239. The monoisotopic (exact) mass is 282 g/mol. The van der Waals surface area contributed by atoms with Crippen LogP contribution >= 0.6 is 0 Å². The lowest BCUT2D eigenvalue weighted by Crippen LogP contribution is -2.27. The molecule has 0 fully saturated rings. The number of hydrogen-bond donors (Lipinski definition) is 2. The van der Waals surface area contributed by atoms with E-state index in [9.17, 15) is 4.79 Å². The van der Waals surface area contributed by atoms with E-state index in [2.05, 4.69) is 31.1 Å². The van der Waals surface area contributed by atoms with Gasteiger partial charge in [0.05, 0.1) is 0 Å². The number of carbonyl (C=O) groups excluding carboxylic acids is 1. The molecule has 0 radical (unpaired) electrons. The predicted molar refractivity (Wildman–Crippen MR) is 87.9 cm³/mol. The van der Waals surface area contributed by atoms with E-state index in [0.29, 0.717) is 5.57 Å². The van der Waals surface area contributed by atoms with Gasteiger partial charge < -0.3 is 10.6 Å². The maximum Gasteiger partial charge on any atom is 0.246 e. The molecule has 0 aliphatic carbocycles. The highest BCUT2D eigenvalue weighted by molar-refractivity contribution is 5.92. The third-order valence-corrected chi connectivity index (χ3v) is 3.45. The predicted octanol–water partition coefficient (Wildman–Crippen LogP) is 3.80.